The third-order valence-electron chi connectivity index (χ3n) is 7.59. The first-order chi connectivity index (χ1) is 15.8. The van der Waals surface area contributed by atoms with Crippen molar-refractivity contribution in [2.75, 3.05) is 6.61 Å². The molecular weight excluding hydrogens is 436 g/mol. The summed E-state index contributed by atoms with van der Waals surface area (Å²) >= 11 is 0. The highest BCUT2D eigenvalue weighted by Crippen LogP contribution is 2.47. The number of allylic oxidation sites excluding steroid dienone is 5. The van der Waals surface area contributed by atoms with E-state index >= 15 is 0 Å². The highest BCUT2D eigenvalue weighted by atomic mass is 28.3. The van der Waals surface area contributed by atoms with Crippen LogP contribution in [0.15, 0.2) is 47.1 Å². The predicted molar refractivity (Wildman–Crippen MR) is 148 cm³/mol. The van der Waals surface area contributed by atoms with Crippen LogP contribution in [0.2, 0.25) is 25.7 Å². The molecule has 192 valence electrons. The fourth-order valence-electron chi connectivity index (χ4n) is 5.15. The van der Waals surface area contributed by atoms with Gasteiger partial charge in [0.25, 0.3) is 0 Å². The highest BCUT2D eigenvalue weighted by Gasteiger charge is 2.48. The van der Waals surface area contributed by atoms with Crippen LogP contribution in [0.3, 0.4) is 0 Å². The van der Waals surface area contributed by atoms with E-state index in [2.05, 4.69) is 66.1 Å². The van der Waals surface area contributed by atoms with Crippen molar-refractivity contribution in [3.05, 3.63) is 47.1 Å². The van der Waals surface area contributed by atoms with Crippen LogP contribution in [0.1, 0.15) is 86.0 Å². The summed E-state index contributed by atoms with van der Waals surface area (Å²) in [6.45, 7) is 22.4. The van der Waals surface area contributed by atoms with E-state index in [1.165, 1.54) is 16.7 Å². The van der Waals surface area contributed by atoms with Crippen LogP contribution < -0.4 is 0 Å². The summed E-state index contributed by atoms with van der Waals surface area (Å²) in [5.41, 5.74) is 5.25. The Balaban J connectivity index is 1.99. The number of carbonyl (C=O) groups is 1. The quantitative estimate of drug-likeness (QED) is 0.113. The Morgan fingerprint density at radius 3 is 2.44 bits per heavy atom. The summed E-state index contributed by atoms with van der Waals surface area (Å²) < 4.78 is 11.2. The van der Waals surface area contributed by atoms with E-state index in [1.54, 1.807) is 0 Å². The zero-order chi connectivity index (χ0) is 25.6. The van der Waals surface area contributed by atoms with Gasteiger partial charge in [0.05, 0.1) is 12.7 Å². The van der Waals surface area contributed by atoms with Crippen molar-refractivity contribution >= 4 is 14.0 Å². The van der Waals surface area contributed by atoms with Crippen LogP contribution in [0.25, 0.3) is 0 Å². The zero-order valence-corrected chi connectivity index (χ0v) is 24.3. The molecule has 3 atom stereocenters. The number of hydrogen-bond donors (Lipinski definition) is 0. The topological polar surface area (TPSA) is 38.8 Å². The average Bonchev–Trinajstić information content (AvgIpc) is 3.42. The number of esters is 1. The Morgan fingerprint density at radius 2 is 1.85 bits per heavy atom. The Labute approximate surface area is 210 Å². The van der Waals surface area contributed by atoms with E-state index < -0.39 is 8.07 Å². The Morgan fingerprint density at radius 1 is 1.18 bits per heavy atom. The fraction of sp³-hybridized carbons (Fsp3) is 0.700. The van der Waals surface area contributed by atoms with Gasteiger partial charge in [-0.3, -0.25) is 0 Å². The maximum Gasteiger partial charge on any atom is 0.333 e. The minimum atomic E-state index is -1.37. The van der Waals surface area contributed by atoms with Crippen molar-refractivity contribution in [1.82, 2.24) is 0 Å². The van der Waals surface area contributed by atoms with Crippen LogP contribution in [0, 0.1) is 5.41 Å². The summed E-state index contributed by atoms with van der Waals surface area (Å²) in [6, 6.07) is 1.09. The average molecular weight is 487 g/mol. The lowest BCUT2D eigenvalue weighted by molar-refractivity contribution is -0.139. The zero-order valence-electron chi connectivity index (χ0n) is 23.3. The second kappa shape index (κ2) is 12.0. The molecule has 0 aromatic heterocycles. The van der Waals surface area contributed by atoms with Crippen molar-refractivity contribution in [2.24, 2.45) is 5.41 Å². The van der Waals surface area contributed by atoms with Gasteiger partial charge in [-0.05, 0) is 90.5 Å². The molecule has 1 unspecified atom stereocenters. The molecule has 1 saturated heterocycles. The number of rotatable bonds is 13. The van der Waals surface area contributed by atoms with Gasteiger partial charge in [-0.15, -0.1) is 6.58 Å². The molecule has 0 bridgehead atoms. The Hall–Kier alpha value is -1.39. The molecule has 0 radical (unpaired) electrons. The summed E-state index contributed by atoms with van der Waals surface area (Å²) in [5, 5.41) is 0. The largest absolute Gasteiger partial charge is 0.463 e. The summed E-state index contributed by atoms with van der Waals surface area (Å²) in [6.07, 6.45) is 15.6. The van der Waals surface area contributed by atoms with Gasteiger partial charge in [0.15, 0.2) is 0 Å². The van der Waals surface area contributed by atoms with E-state index in [0.717, 1.165) is 63.0 Å². The normalized spacial score (nSPS) is 28.2. The smallest absolute Gasteiger partial charge is 0.333 e. The molecule has 0 saturated carbocycles. The van der Waals surface area contributed by atoms with E-state index in [9.17, 15) is 4.79 Å². The molecular formula is C30H50O3Si. The molecule has 0 aromatic carbocycles. The van der Waals surface area contributed by atoms with Crippen LogP contribution in [0.4, 0.5) is 0 Å². The van der Waals surface area contributed by atoms with Crippen molar-refractivity contribution < 1.29 is 14.3 Å². The second-order valence-corrected chi connectivity index (χ2v) is 17.7. The van der Waals surface area contributed by atoms with Crippen LogP contribution in [-0.4, -0.2) is 32.4 Å². The number of hydrogen-bond acceptors (Lipinski definition) is 3. The Kier molecular flexibility index (Phi) is 10.2. The first-order valence-corrected chi connectivity index (χ1v) is 17.1. The van der Waals surface area contributed by atoms with Gasteiger partial charge in [0.2, 0.25) is 0 Å². The van der Waals surface area contributed by atoms with Crippen molar-refractivity contribution in [2.45, 2.75) is 123 Å². The van der Waals surface area contributed by atoms with Crippen molar-refractivity contribution in [3.8, 4) is 0 Å². The van der Waals surface area contributed by atoms with E-state index in [0.29, 0.717) is 12.7 Å². The van der Waals surface area contributed by atoms with E-state index in [4.69, 9.17) is 9.47 Å². The van der Waals surface area contributed by atoms with Crippen molar-refractivity contribution in [3.63, 3.8) is 0 Å². The lowest BCUT2D eigenvalue weighted by Crippen LogP contribution is -2.32. The maximum absolute atomic E-state index is 12.8. The molecule has 2 rings (SSSR count). The minimum Gasteiger partial charge on any atom is -0.463 e. The molecule has 0 amide bonds. The third kappa shape index (κ3) is 8.37. The lowest BCUT2D eigenvalue weighted by atomic mass is 9.69. The fourth-order valence-corrected chi connectivity index (χ4v) is 6.85. The molecule has 1 aliphatic heterocycles. The highest BCUT2D eigenvalue weighted by molar-refractivity contribution is 6.76. The Bertz CT molecular complexity index is 828. The molecule has 1 heterocycles. The van der Waals surface area contributed by atoms with Gasteiger partial charge in [-0.1, -0.05) is 61.5 Å². The minimum absolute atomic E-state index is 0.0652. The molecule has 2 aliphatic rings. The van der Waals surface area contributed by atoms with E-state index in [-0.39, 0.29) is 17.0 Å². The standard InChI is InChI=1S/C30H50O3Si/c1-10-30(6)27(33-30)18-17-23(3)14-12-15-24(4)19-21-29(5)20-13-16-25(28(31)32-11-2)26(29)22-34(7,8)9/h10,14,19,27H,1,11-13,15-18,20-22H2,2-9H3/b23-14+,24-19+/t27?,29-,30-/m1/s1. The summed E-state index contributed by atoms with van der Waals surface area (Å²) in [7, 11) is -1.37. The van der Waals surface area contributed by atoms with Gasteiger partial charge in [0, 0.05) is 13.6 Å². The van der Waals surface area contributed by atoms with E-state index in [1.807, 2.05) is 13.0 Å². The van der Waals surface area contributed by atoms with Crippen LogP contribution in [-0.2, 0) is 14.3 Å². The van der Waals surface area contributed by atoms with Gasteiger partial charge >= 0.3 is 5.97 Å². The molecule has 4 heteroatoms. The number of epoxide rings is 1. The first-order valence-electron chi connectivity index (χ1n) is 13.4. The molecule has 0 aromatic rings. The molecule has 34 heavy (non-hydrogen) atoms. The van der Waals surface area contributed by atoms with Gasteiger partial charge in [0.1, 0.15) is 5.60 Å². The molecule has 3 nitrogen and oxygen atoms in total. The van der Waals surface area contributed by atoms with Crippen LogP contribution >= 0.6 is 0 Å². The molecule has 1 aliphatic carbocycles. The SMILES string of the molecule is C=C[C@@]1(C)OC1CC/C(C)=C/CC/C(C)=C/C[C@@]1(C)CCCC(C(=O)OCC)=C1C[Si](C)(C)C. The van der Waals surface area contributed by atoms with Gasteiger partial charge in [-0.25, -0.2) is 4.79 Å². The second-order valence-electron chi connectivity index (χ2n) is 12.2. The third-order valence-corrected chi connectivity index (χ3v) is 9.01. The monoisotopic (exact) mass is 486 g/mol. The summed E-state index contributed by atoms with van der Waals surface area (Å²) in [5.74, 6) is -0.0759. The van der Waals surface area contributed by atoms with Crippen LogP contribution in [0.5, 0.6) is 0 Å². The van der Waals surface area contributed by atoms with Crippen molar-refractivity contribution in [1.29, 1.82) is 0 Å². The molecule has 0 N–H and O–H groups in total. The molecule has 1 fully saturated rings. The van der Waals surface area contributed by atoms with Gasteiger partial charge < -0.3 is 9.47 Å². The van der Waals surface area contributed by atoms with Gasteiger partial charge in [-0.2, -0.15) is 0 Å². The lowest BCUT2D eigenvalue weighted by Gasteiger charge is -2.40. The molecule has 0 spiro atoms. The summed E-state index contributed by atoms with van der Waals surface area (Å²) in [4.78, 5) is 12.8. The first kappa shape index (κ1) is 28.8. The number of ether oxygens (including phenoxy) is 2. The predicted octanol–water partition coefficient (Wildman–Crippen LogP) is 8.56. The maximum atomic E-state index is 12.8. The number of carbonyl (C=O) groups excluding carboxylic acids is 1.